The molecule has 3 heteroatoms. The third-order valence-corrected chi connectivity index (χ3v) is 3.76. The molecule has 0 spiro atoms. The standard InChI is InChI=1S/C15H24N2O/c1-4-17(13-10-16-11-13)12(3)14-8-6-7-9-15(14)18-5-2/h6-9,12-13,16H,4-5,10-11H2,1-3H3. The van der Waals surface area contributed by atoms with E-state index >= 15 is 0 Å². The number of benzene rings is 1. The molecule has 100 valence electrons. The average Bonchev–Trinajstić information content (AvgIpc) is 2.34. The second-order valence-electron chi connectivity index (χ2n) is 4.79. The fourth-order valence-electron chi connectivity index (χ4n) is 2.65. The molecule has 1 aliphatic heterocycles. The van der Waals surface area contributed by atoms with Gasteiger partial charge in [-0.2, -0.15) is 0 Å². The fourth-order valence-corrected chi connectivity index (χ4v) is 2.65. The molecule has 18 heavy (non-hydrogen) atoms. The minimum Gasteiger partial charge on any atom is -0.494 e. The predicted molar refractivity (Wildman–Crippen MR) is 75.1 cm³/mol. The van der Waals surface area contributed by atoms with Crippen LogP contribution < -0.4 is 10.1 Å². The van der Waals surface area contributed by atoms with Gasteiger partial charge in [0.1, 0.15) is 5.75 Å². The Morgan fingerprint density at radius 1 is 1.33 bits per heavy atom. The van der Waals surface area contributed by atoms with E-state index in [9.17, 15) is 0 Å². The van der Waals surface area contributed by atoms with Crippen molar-refractivity contribution in [3.05, 3.63) is 29.8 Å². The van der Waals surface area contributed by atoms with Crippen molar-refractivity contribution < 1.29 is 4.74 Å². The molecule has 0 radical (unpaired) electrons. The third-order valence-electron chi connectivity index (χ3n) is 3.76. The summed E-state index contributed by atoms with van der Waals surface area (Å²) in [7, 11) is 0. The summed E-state index contributed by atoms with van der Waals surface area (Å²) >= 11 is 0. The van der Waals surface area contributed by atoms with Crippen molar-refractivity contribution in [1.82, 2.24) is 10.2 Å². The summed E-state index contributed by atoms with van der Waals surface area (Å²) in [6, 6.07) is 9.47. The highest BCUT2D eigenvalue weighted by Crippen LogP contribution is 2.30. The number of hydrogen-bond donors (Lipinski definition) is 1. The quantitative estimate of drug-likeness (QED) is 0.837. The summed E-state index contributed by atoms with van der Waals surface area (Å²) in [5, 5.41) is 3.35. The molecule has 0 amide bonds. The molecule has 1 N–H and O–H groups in total. The molecule has 3 nitrogen and oxygen atoms in total. The largest absolute Gasteiger partial charge is 0.494 e. The summed E-state index contributed by atoms with van der Waals surface area (Å²) in [4.78, 5) is 2.55. The lowest BCUT2D eigenvalue weighted by molar-refractivity contribution is 0.108. The lowest BCUT2D eigenvalue weighted by Gasteiger charge is -2.41. The highest BCUT2D eigenvalue weighted by atomic mass is 16.5. The highest BCUT2D eigenvalue weighted by molar-refractivity contribution is 5.35. The Hall–Kier alpha value is -1.06. The van der Waals surface area contributed by atoms with E-state index in [0.29, 0.717) is 12.1 Å². The number of nitrogens with one attached hydrogen (secondary N) is 1. The van der Waals surface area contributed by atoms with Crippen LogP contribution in [0, 0.1) is 0 Å². The molecule has 0 aliphatic carbocycles. The van der Waals surface area contributed by atoms with E-state index < -0.39 is 0 Å². The number of hydrogen-bond acceptors (Lipinski definition) is 3. The fraction of sp³-hybridized carbons (Fsp3) is 0.600. The van der Waals surface area contributed by atoms with Crippen molar-refractivity contribution in [2.75, 3.05) is 26.2 Å². The first-order valence-electron chi connectivity index (χ1n) is 6.96. The van der Waals surface area contributed by atoms with Crippen molar-refractivity contribution in [1.29, 1.82) is 0 Å². The van der Waals surface area contributed by atoms with Crippen molar-refractivity contribution in [2.45, 2.75) is 32.9 Å². The zero-order chi connectivity index (χ0) is 13.0. The monoisotopic (exact) mass is 248 g/mol. The Bertz CT molecular complexity index is 377. The topological polar surface area (TPSA) is 24.5 Å². The van der Waals surface area contributed by atoms with Gasteiger partial charge in [-0.05, 0) is 26.5 Å². The lowest BCUT2D eigenvalue weighted by atomic mass is 10.0. The van der Waals surface area contributed by atoms with Crippen LogP contribution >= 0.6 is 0 Å². The first-order valence-corrected chi connectivity index (χ1v) is 6.96. The van der Waals surface area contributed by atoms with Crippen LogP contribution in [0.25, 0.3) is 0 Å². The van der Waals surface area contributed by atoms with E-state index in [2.05, 4.69) is 42.3 Å². The molecule has 1 saturated heterocycles. The van der Waals surface area contributed by atoms with Crippen LogP contribution in [0.5, 0.6) is 5.75 Å². The summed E-state index contributed by atoms with van der Waals surface area (Å²) in [5.41, 5.74) is 1.30. The molecule has 1 aliphatic rings. The van der Waals surface area contributed by atoms with E-state index in [1.54, 1.807) is 0 Å². The highest BCUT2D eigenvalue weighted by Gasteiger charge is 2.28. The molecule has 0 aromatic heterocycles. The zero-order valence-electron chi connectivity index (χ0n) is 11.6. The van der Waals surface area contributed by atoms with Gasteiger partial charge in [0.25, 0.3) is 0 Å². The molecule has 0 bridgehead atoms. The van der Waals surface area contributed by atoms with Crippen molar-refractivity contribution in [3.8, 4) is 5.75 Å². The van der Waals surface area contributed by atoms with Crippen LogP contribution in [0.2, 0.25) is 0 Å². The summed E-state index contributed by atoms with van der Waals surface area (Å²) in [6.07, 6.45) is 0. The maximum Gasteiger partial charge on any atom is 0.124 e. The molecular weight excluding hydrogens is 224 g/mol. The van der Waals surface area contributed by atoms with Gasteiger partial charge in [-0.25, -0.2) is 0 Å². The van der Waals surface area contributed by atoms with Crippen molar-refractivity contribution in [2.24, 2.45) is 0 Å². The van der Waals surface area contributed by atoms with Crippen LogP contribution in [0.1, 0.15) is 32.4 Å². The van der Waals surface area contributed by atoms with E-state index in [4.69, 9.17) is 4.74 Å². The van der Waals surface area contributed by atoms with E-state index in [1.165, 1.54) is 5.56 Å². The van der Waals surface area contributed by atoms with Crippen LogP contribution in [0.4, 0.5) is 0 Å². The molecule has 0 saturated carbocycles. The maximum absolute atomic E-state index is 5.74. The zero-order valence-corrected chi connectivity index (χ0v) is 11.6. The number of para-hydroxylation sites is 1. The molecule has 1 aromatic rings. The van der Waals surface area contributed by atoms with Crippen molar-refractivity contribution in [3.63, 3.8) is 0 Å². The Morgan fingerprint density at radius 3 is 2.61 bits per heavy atom. The first-order chi connectivity index (χ1) is 8.77. The van der Waals surface area contributed by atoms with Gasteiger partial charge in [0.2, 0.25) is 0 Å². The SMILES string of the molecule is CCOc1ccccc1C(C)N(CC)C1CNC1. The molecule has 2 rings (SSSR count). The Labute approximate surface area is 110 Å². The van der Waals surface area contributed by atoms with Gasteiger partial charge in [-0.1, -0.05) is 25.1 Å². The average molecular weight is 248 g/mol. The second-order valence-corrected chi connectivity index (χ2v) is 4.79. The normalized spacial score (nSPS) is 17.6. The Balaban J connectivity index is 2.17. The van der Waals surface area contributed by atoms with Gasteiger partial charge in [0.05, 0.1) is 6.61 Å². The summed E-state index contributed by atoms with van der Waals surface area (Å²) in [6.45, 7) is 10.6. The first kappa shape index (κ1) is 13.4. The molecule has 1 fully saturated rings. The van der Waals surface area contributed by atoms with Crippen LogP contribution in [-0.4, -0.2) is 37.2 Å². The smallest absolute Gasteiger partial charge is 0.124 e. The van der Waals surface area contributed by atoms with Gasteiger partial charge in [0.15, 0.2) is 0 Å². The third kappa shape index (κ3) is 2.68. The second kappa shape index (κ2) is 6.21. The number of rotatable bonds is 6. The summed E-state index contributed by atoms with van der Waals surface area (Å²) in [5.74, 6) is 1.03. The Morgan fingerprint density at radius 2 is 2.06 bits per heavy atom. The minimum atomic E-state index is 0.407. The molecule has 1 unspecified atom stereocenters. The van der Waals surface area contributed by atoms with Crippen LogP contribution in [0.3, 0.4) is 0 Å². The maximum atomic E-state index is 5.74. The number of likely N-dealkylation sites (N-methyl/N-ethyl adjacent to an activating group) is 1. The van der Waals surface area contributed by atoms with Gasteiger partial charge >= 0.3 is 0 Å². The molecule has 1 heterocycles. The van der Waals surface area contributed by atoms with Gasteiger partial charge in [-0.15, -0.1) is 0 Å². The number of ether oxygens (including phenoxy) is 1. The van der Waals surface area contributed by atoms with Gasteiger partial charge < -0.3 is 10.1 Å². The van der Waals surface area contributed by atoms with Crippen LogP contribution in [0.15, 0.2) is 24.3 Å². The molecule has 1 aromatic carbocycles. The lowest BCUT2D eigenvalue weighted by Crippen LogP contribution is -2.57. The molecule has 1 atom stereocenters. The summed E-state index contributed by atoms with van der Waals surface area (Å²) < 4.78 is 5.74. The minimum absolute atomic E-state index is 0.407. The Kier molecular flexibility index (Phi) is 4.61. The van der Waals surface area contributed by atoms with E-state index in [1.807, 2.05) is 13.0 Å². The van der Waals surface area contributed by atoms with E-state index in [-0.39, 0.29) is 0 Å². The molecular formula is C15H24N2O. The van der Waals surface area contributed by atoms with Gasteiger partial charge in [0, 0.05) is 30.7 Å². The number of nitrogens with zero attached hydrogens (tertiary/aromatic N) is 1. The van der Waals surface area contributed by atoms with Gasteiger partial charge in [-0.3, -0.25) is 4.90 Å². The van der Waals surface area contributed by atoms with Crippen LogP contribution in [-0.2, 0) is 0 Å². The predicted octanol–water partition coefficient (Wildman–Crippen LogP) is 2.44. The van der Waals surface area contributed by atoms with Crippen molar-refractivity contribution >= 4 is 0 Å². The van der Waals surface area contributed by atoms with E-state index in [0.717, 1.165) is 32.0 Å².